The molecule has 6 nitrogen and oxygen atoms in total. The Balaban J connectivity index is 1.58. The smallest absolute Gasteiger partial charge is 0.428 e. The van der Waals surface area contributed by atoms with E-state index < -0.39 is 22.1 Å². The van der Waals surface area contributed by atoms with Gasteiger partial charge in [0.2, 0.25) is 0 Å². The van der Waals surface area contributed by atoms with Gasteiger partial charge in [-0.15, -0.1) is 13.2 Å². The number of alkyl halides is 3. The van der Waals surface area contributed by atoms with Crippen LogP contribution in [0.4, 0.5) is 18.9 Å². The summed E-state index contributed by atoms with van der Waals surface area (Å²) in [6.07, 6.45) is -4.83. The number of benzene rings is 3. The SMILES string of the molecule is Cc1cc(S(=O)(=O)Nc2cc(Cl)c(Oc3nc4ccc(OC(F)(F)F)cc4s3)c(Cl)c2)c(Cl)cc1Cl. The van der Waals surface area contributed by atoms with Gasteiger partial charge in [0.05, 0.1) is 31.0 Å². The van der Waals surface area contributed by atoms with Gasteiger partial charge in [-0.05, 0) is 48.9 Å². The molecule has 1 N–H and O–H groups in total. The molecule has 0 spiro atoms. The molecule has 4 aromatic rings. The number of aryl methyl sites for hydroxylation is 1. The fourth-order valence-corrected chi connectivity index (χ4v) is 6.26. The van der Waals surface area contributed by atoms with E-state index in [1.54, 1.807) is 6.92 Å². The van der Waals surface area contributed by atoms with E-state index in [2.05, 4.69) is 14.4 Å². The van der Waals surface area contributed by atoms with E-state index in [1.807, 2.05) is 0 Å². The van der Waals surface area contributed by atoms with Gasteiger partial charge in [-0.3, -0.25) is 4.72 Å². The van der Waals surface area contributed by atoms with Crippen LogP contribution in [0.5, 0.6) is 16.7 Å². The van der Waals surface area contributed by atoms with E-state index in [9.17, 15) is 21.6 Å². The van der Waals surface area contributed by atoms with Crippen LogP contribution in [0.25, 0.3) is 10.2 Å². The molecule has 0 aliphatic heterocycles. The Bertz CT molecular complexity index is 1570. The van der Waals surface area contributed by atoms with Crippen molar-refractivity contribution in [3.63, 3.8) is 0 Å². The maximum atomic E-state index is 12.9. The van der Waals surface area contributed by atoms with E-state index in [1.165, 1.54) is 30.3 Å². The summed E-state index contributed by atoms with van der Waals surface area (Å²) in [5.41, 5.74) is 0.893. The van der Waals surface area contributed by atoms with Crippen LogP contribution >= 0.6 is 57.7 Å². The second kappa shape index (κ2) is 9.96. The minimum Gasteiger partial charge on any atom is -0.428 e. The molecule has 0 fully saturated rings. The van der Waals surface area contributed by atoms with Crippen LogP contribution in [0.1, 0.15) is 5.56 Å². The van der Waals surface area contributed by atoms with Crippen LogP contribution in [0.2, 0.25) is 20.1 Å². The molecule has 1 aromatic heterocycles. The third kappa shape index (κ3) is 6.04. The number of halogens is 7. The largest absolute Gasteiger partial charge is 0.573 e. The summed E-state index contributed by atoms with van der Waals surface area (Å²) < 4.78 is 75.4. The van der Waals surface area contributed by atoms with Gasteiger partial charge >= 0.3 is 6.36 Å². The summed E-state index contributed by atoms with van der Waals surface area (Å²) in [6.45, 7) is 1.63. The van der Waals surface area contributed by atoms with Gasteiger partial charge < -0.3 is 9.47 Å². The third-order valence-electron chi connectivity index (χ3n) is 4.52. The van der Waals surface area contributed by atoms with Crippen molar-refractivity contribution in [2.24, 2.45) is 0 Å². The molecule has 0 amide bonds. The number of sulfonamides is 1. The van der Waals surface area contributed by atoms with E-state index in [0.29, 0.717) is 20.8 Å². The quantitative estimate of drug-likeness (QED) is 0.234. The fourth-order valence-electron chi connectivity index (χ4n) is 2.98. The van der Waals surface area contributed by atoms with E-state index in [0.717, 1.165) is 23.5 Å². The molecule has 0 saturated carbocycles. The molecule has 4 rings (SSSR count). The van der Waals surface area contributed by atoms with Crippen LogP contribution in [0, 0.1) is 6.92 Å². The molecule has 15 heteroatoms. The van der Waals surface area contributed by atoms with Crippen molar-refractivity contribution in [2.45, 2.75) is 18.2 Å². The Morgan fingerprint density at radius 2 is 1.61 bits per heavy atom. The number of hydrogen-bond donors (Lipinski definition) is 1. The number of rotatable bonds is 6. The minimum atomic E-state index is -4.83. The van der Waals surface area contributed by atoms with Crippen molar-refractivity contribution in [2.75, 3.05) is 4.72 Å². The minimum absolute atomic E-state index is 0.0271. The fraction of sp³-hybridized carbons (Fsp3) is 0.0952. The Kier molecular flexibility index (Phi) is 7.44. The van der Waals surface area contributed by atoms with Crippen LogP contribution in [-0.4, -0.2) is 19.8 Å². The standard InChI is InChI=1S/C21H11Cl4F3N2O4S2/c1-9-4-18(13(23)8-12(9)22)36(31,32)30-10-5-14(24)19(15(25)6-10)33-20-29-16-3-2-11(7-17(16)35-20)34-21(26,27)28/h2-8,30H,1H3. The maximum Gasteiger partial charge on any atom is 0.573 e. The number of hydrogen-bond acceptors (Lipinski definition) is 6. The van der Waals surface area contributed by atoms with E-state index in [4.69, 9.17) is 51.1 Å². The average molecular weight is 618 g/mol. The number of anilines is 1. The lowest BCUT2D eigenvalue weighted by Gasteiger charge is -2.13. The molecule has 0 radical (unpaired) electrons. The van der Waals surface area contributed by atoms with Crippen molar-refractivity contribution in [1.82, 2.24) is 4.98 Å². The lowest BCUT2D eigenvalue weighted by Crippen LogP contribution is -2.16. The Hall–Kier alpha value is -2.15. The first kappa shape index (κ1) is 26.9. The number of aromatic nitrogens is 1. The molecule has 0 bridgehead atoms. The predicted octanol–water partition coefficient (Wildman–Crippen LogP) is 8.71. The first-order chi connectivity index (χ1) is 16.7. The number of fused-ring (bicyclic) bond motifs is 1. The summed E-state index contributed by atoms with van der Waals surface area (Å²) in [4.78, 5) is 3.99. The van der Waals surface area contributed by atoms with Crippen LogP contribution < -0.4 is 14.2 Å². The molecule has 0 aliphatic carbocycles. The number of ether oxygens (including phenoxy) is 2. The summed E-state index contributed by atoms with van der Waals surface area (Å²) in [5, 5.41) is 0.160. The van der Waals surface area contributed by atoms with Crippen molar-refractivity contribution in [3.05, 3.63) is 68.1 Å². The molecule has 0 aliphatic rings. The lowest BCUT2D eigenvalue weighted by atomic mass is 10.2. The summed E-state index contributed by atoms with van der Waals surface area (Å²) in [6, 6.07) is 8.79. The molecule has 0 unspecified atom stereocenters. The second-order valence-electron chi connectivity index (χ2n) is 7.17. The highest BCUT2D eigenvalue weighted by molar-refractivity contribution is 7.92. The maximum absolute atomic E-state index is 12.9. The van der Waals surface area contributed by atoms with Crippen molar-refractivity contribution >= 4 is 83.7 Å². The Morgan fingerprint density at radius 3 is 2.25 bits per heavy atom. The topological polar surface area (TPSA) is 77.5 Å². The van der Waals surface area contributed by atoms with Gasteiger partial charge in [-0.1, -0.05) is 57.7 Å². The molecule has 0 atom stereocenters. The number of nitrogens with one attached hydrogen (secondary N) is 1. The Labute approximate surface area is 226 Å². The average Bonchev–Trinajstić information content (AvgIpc) is 3.13. The van der Waals surface area contributed by atoms with E-state index >= 15 is 0 Å². The zero-order valence-corrected chi connectivity index (χ0v) is 22.2. The highest BCUT2D eigenvalue weighted by atomic mass is 35.5. The van der Waals surface area contributed by atoms with Gasteiger partial charge in [0, 0.05) is 11.1 Å². The molecular formula is C21H11Cl4F3N2O4S2. The molecule has 1 heterocycles. The highest BCUT2D eigenvalue weighted by Crippen LogP contribution is 2.42. The van der Waals surface area contributed by atoms with Crippen molar-refractivity contribution < 1.29 is 31.1 Å². The summed E-state index contributed by atoms with van der Waals surface area (Å²) in [7, 11) is -4.12. The van der Waals surface area contributed by atoms with Gasteiger partial charge in [-0.2, -0.15) is 0 Å². The van der Waals surface area contributed by atoms with Crippen molar-refractivity contribution in [1.29, 1.82) is 0 Å². The predicted molar refractivity (Wildman–Crippen MR) is 135 cm³/mol. The van der Waals surface area contributed by atoms with Gasteiger partial charge in [0.25, 0.3) is 15.2 Å². The van der Waals surface area contributed by atoms with Gasteiger partial charge in [0.15, 0.2) is 5.75 Å². The zero-order chi connectivity index (χ0) is 26.4. The first-order valence-corrected chi connectivity index (χ1v) is 13.3. The highest BCUT2D eigenvalue weighted by Gasteiger charge is 2.31. The van der Waals surface area contributed by atoms with Crippen LogP contribution in [0.3, 0.4) is 0 Å². The Morgan fingerprint density at radius 1 is 0.944 bits per heavy atom. The molecule has 0 saturated heterocycles. The van der Waals surface area contributed by atoms with Gasteiger partial charge in [-0.25, -0.2) is 13.4 Å². The van der Waals surface area contributed by atoms with Crippen LogP contribution in [-0.2, 0) is 10.0 Å². The second-order valence-corrected chi connectivity index (χ2v) is 11.4. The van der Waals surface area contributed by atoms with Crippen molar-refractivity contribution in [3.8, 4) is 16.7 Å². The zero-order valence-electron chi connectivity index (χ0n) is 17.6. The molecule has 3 aromatic carbocycles. The number of nitrogens with zero attached hydrogens (tertiary/aromatic N) is 1. The molecule has 190 valence electrons. The van der Waals surface area contributed by atoms with Crippen LogP contribution in [0.15, 0.2) is 47.4 Å². The summed E-state index contributed by atoms with van der Waals surface area (Å²) in [5.74, 6) is -0.443. The van der Waals surface area contributed by atoms with E-state index in [-0.39, 0.29) is 36.6 Å². The van der Waals surface area contributed by atoms with Gasteiger partial charge in [0.1, 0.15) is 10.6 Å². The normalized spacial score (nSPS) is 12.1. The molecular weight excluding hydrogens is 607 g/mol. The third-order valence-corrected chi connectivity index (χ3v) is 8.23. The lowest BCUT2D eigenvalue weighted by molar-refractivity contribution is -0.274. The summed E-state index contributed by atoms with van der Waals surface area (Å²) >= 11 is 25.5. The monoisotopic (exact) mass is 616 g/mol. The molecule has 36 heavy (non-hydrogen) atoms. The number of thiazole rings is 1. The first-order valence-electron chi connectivity index (χ1n) is 9.53.